The molecule has 0 aliphatic heterocycles. The summed E-state index contributed by atoms with van der Waals surface area (Å²) in [6.07, 6.45) is 0.367. The Labute approximate surface area is 81.5 Å². The van der Waals surface area contributed by atoms with Crippen molar-refractivity contribution in [3.8, 4) is 11.8 Å². The molecule has 1 atom stereocenters. The highest BCUT2D eigenvalue weighted by molar-refractivity contribution is 5.16. The second-order valence-electron chi connectivity index (χ2n) is 5.12. The molecule has 0 bridgehead atoms. The molecule has 1 unspecified atom stereocenters. The lowest BCUT2D eigenvalue weighted by atomic mass is 10.0. The van der Waals surface area contributed by atoms with E-state index in [1.54, 1.807) is 0 Å². The van der Waals surface area contributed by atoms with Gasteiger partial charge in [0, 0.05) is 6.42 Å². The number of aliphatic hydroxyl groups is 1. The van der Waals surface area contributed by atoms with Gasteiger partial charge in [0.15, 0.2) is 0 Å². The minimum absolute atomic E-state index is 0.252. The first kappa shape index (κ1) is 10.6. The van der Waals surface area contributed by atoms with Crippen LogP contribution in [0.3, 0.4) is 0 Å². The lowest BCUT2D eigenvalue weighted by Crippen LogP contribution is -2.13. The molecule has 0 spiro atoms. The molecule has 0 aromatic heterocycles. The molecule has 1 fully saturated rings. The molecule has 0 radical (unpaired) electrons. The fourth-order valence-electron chi connectivity index (χ4n) is 2.53. The largest absolute Gasteiger partial charge is 0.392 e. The highest BCUT2D eigenvalue weighted by atomic mass is 16.3. The van der Waals surface area contributed by atoms with Crippen molar-refractivity contribution in [2.45, 2.75) is 47.1 Å². The molecule has 0 heterocycles. The van der Waals surface area contributed by atoms with Crippen molar-refractivity contribution in [2.75, 3.05) is 0 Å². The van der Waals surface area contributed by atoms with E-state index in [1.165, 1.54) is 0 Å². The van der Waals surface area contributed by atoms with Gasteiger partial charge >= 0.3 is 0 Å². The topological polar surface area (TPSA) is 20.2 Å². The van der Waals surface area contributed by atoms with E-state index in [0.29, 0.717) is 12.3 Å². The van der Waals surface area contributed by atoms with Crippen LogP contribution in [0.2, 0.25) is 0 Å². The third kappa shape index (κ3) is 1.48. The summed E-state index contributed by atoms with van der Waals surface area (Å²) in [5, 5.41) is 9.89. The van der Waals surface area contributed by atoms with E-state index in [0.717, 1.165) is 0 Å². The molecule has 1 rings (SSSR count). The molecule has 1 N–H and O–H groups in total. The van der Waals surface area contributed by atoms with Crippen molar-refractivity contribution >= 4 is 0 Å². The predicted octanol–water partition coefficient (Wildman–Crippen LogP) is 2.44. The van der Waals surface area contributed by atoms with Gasteiger partial charge in [-0.2, -0.15) is 0 Å². The Balaban J connectivity index is 2.60. The average molecular weight is 180 g/mol. The summed E-state index contributed by atoms with van der Waals surface area (Å²) in [4.78, 5) is 0. The van der Waals surface area contributed by atoms with Gasteiger partial charge in [-0.25, -0.2) is 0 Å². The first-order valence-corrected chi connectivity index (χ1v) is 4.93. The van der Waals surface area contributed by atoms with Crippen LogP contribution in [-0.2, 0) is 0 Å². The van der Waals surface area contributed by atoms with Gasteiger partial charge < -0.3 is 5.11 Å². The lowest BCUT2D eigenvalue weighted by molar-refractivity contribution is 0.134. The van der Waals surface area contributed by atoms with E-state index in [9.17, 15) is 5.11 Å². The maximum absolute atomic E-state index is 9.89. The van der Waals surface area contributed by atoms with Crippen LogP contribution in [-0.4, -0.2) is 11.2 Å². The van der Waals surface area contributed by atoms with E-state index in [2.05, 4.69) is 39.5 Å². The molecule has 0 saturated heterocycles. The number of hydrogen-bond donors (Lipinski definition) is 1. The van der Waals surface area contributed by atoms with E-state index >= 15 is 0 Å². The first-order chi connectivity index (χ1) is 5.85. The van der Waals surface area contributed by atoms with Crippen LogP contribution in [0, 0.1) is 28.6 Å². The van der Waals surface area contributed by atoms with E-state index in [1.807, 2.05) is 6.92 Å². The van der Waals surface area contributed by atoms with E-state index < -0.39 is 0 Å². The third-order valence-corrected chi connectivity index (χ3v) is 4.01. The zero-order valence-electron chi connectivity index (χ0n) is 9.31. The van der Waals surface area contributed by atoms with Gasteiger partial charge in [-0.15, -0.1) is 11.8 Å². The summed E-state index contributed by atoms with van der Waals surface area (Å²) in [5.41, 5.74) is 0.531. The van der Waals surface area contributed by atoms with Crippen LogP contribution in [0.1, 0.15) is 41.0 Å². The molecule has 1 aliphatic carbocycles. The van der Waals surface area contributed by atoms with Gasteiger partial charge in [-0.1, -0.05) is 27.7 Å². The van der Waals surface area contributed by atoms with Crippen LogP contribution in [0.5, 0.6) is 0 Å². The van der Waals surface area contributed by atoms with Crippen LogP contribution >= 0.6 is 0 Å². The third-order valence-electron chi connectivity index (χ3n) is 4.01. The normalized spacial score (nSPS) is 26.0. The van der Waals surface area contributed by atoms with Crippen LogP contribution in [0.15, 0.2) is 0 Å². The number of aliphatic hydroxyl groups excluding tert-OH is 1. The van der Waals surface area contributed by atoms with Crippen molar-refractivity contribution in [3.63, 3.8) is 0 Å². The molecule has 1 nitrogen and oxygen atoms in total. The lowest BCUT2D eigenvalue weighted by Gasteiger charge is -2.08. The molecular formula is C12H20O. The van der Waals surface area contributed by atoms with Crippen LogP contribution in [0.4, 0.5) is 0 Å². The molecule has 13 heavy (non-hydrogen) atoms. The SMILES string of the molecule is CC#CCC(O)C1C(C)(C)C1(C)C. The summed E-state index contributed by atoms with van der Waals surface area (Å²) in [6.45, 7) is 10.7. The molecule has 0 amide bonds. The van der Waals surface area contributed by atoms with Crippen LogP contribution < -0.4 is 0 Å². The Bertz CT molecular complexity index is 238. The van der Waals surface area contributed by atoms with Crippen LogP contribution in [0.25, 0.3) is 0 Å². The van der Waals surface area contributed by atoms with Crippen molar-refractivity contribution in [1.29, 1.82) is 0 Å². The Hall–Kier alpha value is -0.480. The van der Waals surface area contributed by atoms with Gasteiger partial charge in [-0.3, -0.25) is 0 Å². The fraction of sp³-hybridized carbons (Fsp3) is 0.833. The molecular weight excluding hydrogens is 160 g/mol. The summed E-state index contributed by atoms with van der Waals surface area (Å²) >= 11 is 0. The summed E-state index contributed by atoms with van der Waals surface area (Å²) in [7, 11) is 0. The zero-order chi connectivity index (χ0) is 10.3. The number of rotatable bonds is 2. The Morgan fingerprint density at radius 2 is 1.69 bits per heavy atom. The van der Waals surface area contributed by atoms with Crippen molar-refractivity contribution in [2.24, 2.45) is 16.7 Å². The van der Waals surface area contributed by atoms with Gasteiger partial charge in [-0.05, 0) is 23.7 Å². The Morgan fingerprint density at radius 1 is 1.23 bits per heavy atom. The summed E-state index contributed by atoms with van der Waals surface area (Å²) < 4.78 is 0. The molecule has 1 saturated carbocycles. The highest BCUT2D eigenvalue weighted by Crippen LogP contribution is 2.69. The Kier molecular flexibility index (Phi) is 2.47. The monoisotopic (exact) mass is 180 g/mol. The summed E-state index contributed by atoms with van der Waals surface area (Å²) in [5.74, 6) is 6.17. The highest BCUT2D eigenvalue weighted by Gasteiger charge is 2.66. The van der Waals surface area contributed by atoms with Crippen molar-refractivity contribution in [1.82, 2.24) is 0 Å². The first-order valence-electron chi connectivity index (χ1n) is 4.93. The Morgan fingerprint density at radius 3 is 2.00 bits per heavy atom. The maximum atomic E-state index is 9.89. The molecule has 1 aliphatic rings. The molecule has 1 heteroatoms. The minimum atomic E-state index is -0.252. The smallest absolute Gasteiger partial charge is 0.0688 e. The summed E-state index contributed by atoms with van der Waals surface area (Å²) in [6, 6.07) is 0. The van der Waals surface area contributed by atoms with Gasteiger partial charge in [0.2, 0.25) is 0 Å². The molecule has 0 aromatic rings. The average Bonchev–Trinajstić information content (AvgIpc) is 2.39. The quantitative estimate of drug-likeness (QED) is 0.647. The van der Waals surface area contributed by atoms with Gasteiger partial charge in [0.25, 0.3) is 0 Å². The second-order valence-corrected chi connectivity index (χ2v) is 5.12. The van der Waals surface area contributed by atoms with Gasteiger partial charge in [0.1, 0.15) is 0 Å². The van der Waals surface area contributed by atoms with Crippen molar-refractivity contribution in [3.05, 3.63) is 0 Å². The van der Waals surface area contributed by atoms with Gasteiger partial charge in [0.05, 0.1) is 6.10 Å². The van der Waals surface area contributed by atoms with E-state index in [-0.39, 0.29) is 16.9 Å². The zero-order valence-corrected chi connectivity index (χ0v) is 9.31. The minimum Gasteiger partial charge on any atom is -0.392 e. The maximum Gasteiger partial charge on any atom is 0.0688 e. The van der Waals surface area contributed by atoms with Crippen molar-refractivity contribution < 1.29 is 5.11 Å². The molecule has 0 aromatic carbocycles. The van der Waals surface area contributed by atoms with E-state index in [4.69, 9.17) is 0 Å². The number of hydrogen-bond acceptors (Lipinski definition) is 1. The standard InChI is InChI=1S/C12H20O/c1-6-7-8-9(13)10-11(2,3)12(10,4)5/h9-10,13H,8H2,1-5H3. The predicted molar refractivity (Wildman–Crippen MR) is 55.1 cm³/mol. The molecule has 74 valence electrons. The fourth-order valence-corrected chi connectivity index (χ4v) is 2.53. The second kappa shape index (κ2) is 3.03.